The Labute approximate surface area is 109 Å². The Bertz CT molecular complexity index is 386. The van der Waals surface area contributed by atoms with Crippen LogP contribution in [0.5, 0.6) is 0 Å². The van der Waals surface area contributed by atoms with E-state index in [1.54, 1.807) is 12.1 Å². The molecule has 1 aromatic carbocycles. The van der Waals surface area contributed by atoms with Crippen molar-refractivity contribution in [1.82, 2.24) is 4.90 Å². The third kappa shape index (κ3) is 3.09. The van der Waals surface area contributed by atoms with Crippen LogP contribution < -0.4 is 5.73 Å². The van der Waals surface area contributed by atoms with Gasteiger partial charge in [-0.2, -0.15) is 0 Å². The van der Waals surface area contributed by atoms with Gasteiger partial charge in [0.05, 0.1) is 0 Å². The van der Waals surface area contributed by atoms with Crippen molar-refractivity contribution in [1.29, 1.82) is 0 Å². The van der Waals surface area contributed by atoms with Crippen LogP contribution in [0.3, 0.4) is 0 Å². The van der Waals surface area contributed by atoms with Crippen LogP contribution in [-0.4, -0.2) is 17.5 Å². The van der Waals surface area contributed by atoms with E-state index in [2.05, 4.69) is 11.8 Å². The molecule has 0 aliphatic heterocycles. The standard InChI is InChI=1S/C15H23FN2/c1-2-18(14-5-3-4-6-14)11-13-9-12(10-17)7-8-15(13)16/h7-9,14H,2-6,10-11,17H2,1H3. The molecule has 1 aliphatic carbocycles. The summed E-state index contributed by atoms with van der Waals surface area (Å²) in [7, 11) is 0. The maximum absolute atomic E-state index is 13.8. The maximum atomic E-state index is 13.8. The third-order valence-electron chi connectivity index (χ3n) is 3.97. The Morgan fingerprint density at radius 2 is 2.06 bits per heavy atom. The number of nitrogens with zero attached hydrogens (tertiary/aromatic N) is 1. The van der Waals surface area contributed by atoms with E-state index >= 15 is 0 Å². The fourth-order valence-electron chi connectivity index (χ4n) is 2.86. The summed E-state index contributed by atoms with van der Waals surface area (Å²) in [4.78, 5) is 2.39. The van der Waals surface area contributed by atoms with E-state index in [-0.39, 0.29) is 5.82 Å². The lowest BCUT2D eigenvalue weighted by Crippen LogP contribution is -2.32. The lowest BCUT2D eigenvalue weighted by molar-refractivity contribution is 0.198. The maximum Gasteiger partial charge on any atom is 0.127 e. The number of halogens is 1. The molecule has 1 saturated carbocycles. The average Bonchev–Trinajstić information content (AvgIpc) is 2.91. The SMILES string of the molecule is CCN(Cc1cc(CN)ccc1F)C1CCCC1. The van der Waals surface area contributed by atoms with Gasteiger partial charge >= 0.3 is 0 Å². The molecule has 0 saturated heterocycles. The summed E-state index contributed by atoms with van der Waals surface area (Å²) in [5.74, 6) is -0.108. The van der Waals surface area contributed by atoms with Crippen molar-refractivity contribution in [2.75, 3.05) is 6.54 Å². The minimum absolute atomic E-state index is 0.108. The highest BCUT2D eigenvalue weighted by atomic mass is 19.1. The van der Waals surface area contributed by atoms with Gasteiger partial charge in [-0.05, 0) is 31.0 Å². The lowest BCUT2D eigenvalue weighted by Gasteiger charge is -2.27. The zero-order chi connectivity index (χ0) is 13.0. The van der Waals surface area contributed by atoms with Crippen LogP contribution in [0.1, 0.15) is 43.7 Å². The van der Waals surface area contributed by atoms with Gasteiger partial charge in [-0.3, -0.25) is 4.90 Å². The lowest BCUT2D eigenvalue weighted by atomic mass is 10.1. The van der Waals surface area contributed by atoms with E-state index in [0.717, 1.165) is 17.7 Å². The zero-order valence-corrected chi connectivity index (χ0v) is 11.2. The number of hydrogen-bond donors (Lipinski definition) is 1. The fraction of sp³-hybridized carbons (Fsp3) is 0.600. The van der Waals surface area contributed by atoms with Crippen LogP contribution in [0.25, 0.3) is 0 Å². The normalized spacial score (nSPS) is 16.7. The molecule has 3 heteroatoms. The molecule has 2 rings (SSSR count). The summed E-state index contributed by atoms with van der Waals surface area (Å²) in [5.41, 5.74) is 7.41. The van der Waals surface area contributed by atoms with E-state index < -0.39 is 0 Å². The molecule has 1 fully saturated rings. The minimum Gasteiger partial charge on any atom is -0.326 e. The van der Waals surface area contributed by atoms with Gasteiger partial charge in [0.25, 0.3) is 0 Å². The van der Waals surface area contributed by atoms with Gasteiger partial charge in [-0.1, -0.05) is 31.9 Å². The monoisotopic (exact) mass is 250 g/mol. The second-order valence-corrected chi connectivity index (χ2v) is 5.13. The molecule has 1 aromatic rings. The second-order valence-electron chi connectivity index (χ2n) is 5.13. The van der Waals surface area contributed by atoms with Crippen LogP contribution in [0.15, 0.2) is 18.2 Å². The predicted octanol–water partition coefficient (Wildman–Crippen LogP) is 3.05. The van der Waals surface area contributed by atoms with Gasteiger partial charge in [0.15, 0.2) is 0 Å². The molecule has 2 N–H and O–H groups in total. The molecule has 0 bridgehead atoms. The summed E-state index contributed by atoms with van der Waals surface area (Å²) in [6, 6.07) is 5.86. The van der Waals surface area contributed by atoms with Crippen LogP contribution in [0.2, 0.25) is 0 Å². The van der Waals surface area contributed by atoms with Gasteiger partial charge in [0.2, 0.25) is 0 Å². The third-order valence-corrected chi connectivity index (χ3v) is 3.97. The largest absolute Gasteiger partial charge is 0.326 e. The van der Waals surface area contributed by atoms with Crippen molar-refractivity contribution >= 4 is 0 Å². The van der Waals surface area contributed by atoms with E-state index in [0.29, 0.717) is 19.1 Å². The van der Waals surface area contributed by atoms with Crippen LogP contribution in [0.4, 0.5) is 4.39 Å². The quantitative estimate of drug-likeness (QED) is 0.870. The van der Waals surface area contributed by atoms with Crippen molar-refractivity contribution in [2.45, 2.75) is 51.7 Å². The number of rotatable bonds is 5. The summed E-state index contributed by atoms with van der Waals surface area (Å²) in [6.07, 6.45) is 5.14. The summed E-state index contributed by atoms with van der Waals surface area (Å²) < 4.78 is 13.8. The predicted molar refractivity (Wildman–Crippen MR) is 72.6 cm³/mol. The van der Waals surface area contributed by atoms with Crippen LogP contribution >= 0.6 is 0 Å². The highest BCUT2D eigenvalue weighted by Gasteiger charge is 2.22. The zero-order valence-electron chi connectivity index (χ0n) is 11.2. The summed E-state index contributed by atoms with van der Waals surface area (Å²) in [6.45, 7) is 4.32. The van der Waals surface area contributed by atoms with Gasteiger partial charge in [-0.25, -0.2) is 4.39 Å². The fourth-order valence-corrected chi connectivity index (χ4v) is 2.86. The molecule has 100 valence electrons. The molecule has 1 aliphatic rings. The van der Waals surface area contributed by atoms with E-state index in [9.17, 15) is 4.39 Å². The van der Waals surface area contributed by atoms with E-state index in [4.69, 9.17) is 5.73 Å². The van der Waals surface area contributed by atoms with Crippen molar-refractivity contribution in [3.8, 4) is 0 Å². The molecule has 0 unspecified atom stereocenters. The van der Waals surface area contributed by atoms with Gasteiger partial charge in [-0.15, -0.1) is 0 Å². The molecule has 18 heavy (non-hydrogen) atoms. The Morgan fingerprint density at radius 1 is 1.33 bits per heavy atom. The van der Waals surface area contributed by atoms with E-state index in [1.165, 1.54) is 25.7 Å². The topological polar surface area (TPSA) is 29.3 Å². The van der Waals surface area contributed by atoms with Crippen LogP contribution in [-0.2, 0) is 13.1 Å². The molecule has 0 atom stereocenters. The van der Waals surface area contributed by atoms with Crippen molar-refractivity contribution < 1.29 is 4.39 Å². The Hall–Kier alpha value is -0.930. The van der Waals surface area contributed by atoms with Gasteiger partial charge in [0.1, 0.15) is 5.82 Å². The number of nitrogens with two attached hydrogens (primary N) is 1. The van der Waals surface area contributed by atoms with Crippen molar-refractivity contribution in [3.63, 3.8) is 0 Å². The Balaban J connectivity index is 2.10. The Kier molecular flexibility index (Phi) is 4.72. The summed E-state index contributed by atoms with van der Waals surface area (Å²) in [5, 5.41) is 0. The number of benzene rings is 1. The van der Waals surface area contributed by atoms with E-state index in [1.807, 2.05) is 6.07 Å². The first kappa shape index (κ1) is 13.5. The minimum atomic E-state index is -0.108. The first-order valence-corrected chi connectivity index (χ1v) is 6.96. The van der Waals surface area contributed by atoms with Crippen molar-refractivity contribution in [3.05, 3.63) is 35.1 Å². The molecular formula is C15H23FN2. The van der Waals surface area contributed by atoms with Crippen molar-refractivity contribution in [2.24, 2.45) is 5.73 Å². The molecule has 0 amide bonds. The number of hydrogen-bond acceptors (Lipinski definition) is 2. The first-order chi connectivity index (χ1) is 8.74. The molecule has 0 radical (unpaired) electrons. The van der Waals surface area contributed by atoms with Gasteiger partial charge < -0.3 is 5.73 Å². The molecular weight excluding hydrogens is 227 g/mol. The van der Waals surface area contributed by atoms with Gasteiger partial charge in [0, 0.05) is 24.7 Å². The first-order valence-electron chi connectivity index (χ1n) is 6.96. The highest BCUT2D eigenvalue weighted by Crippen LogP contribution is 2.25. The molecule has 0 spiro atoms. The van der Waals surface area contributed by atoms with Crippen LogP contribution in [0, 0.1) is 5.82 Å². The Morgan fingerprint density at radius 3 is 2.67 bits per heavy atom. The highest BCUT2D eigenvalue weighted by molar-refractivity contribution is 5.25. The summed E-state index contributed by atoms with van der Waals surface area (Å²) >= 11 is 0. The molecule has 0 aromatic heterocycles. The average molecular weight is 250 g/mol. The molecule has 0 heterocycles. The smallest absolute Gasteiger partial charge is 0.127 e. The molecule has 2 nitrogen and oxygen atoms in total. The second kappa shape index (κ2) is 6.30.